The Kier molecular flexibility index (Phi) is 5.66. The largest absolute Gasteiger partial charge is 0.369 e. The molecule has 2 rings (SSSR count). The minimum absolute atomic E-state index is 0.561. The zero-order chi connectivity index (χ0) is 14.2. The Bertz CT molecular complexity index is 502. The number of rotatable bonds is 8. The van der Waals surface area contributed by atoms with E-state index in [0.29, 0.717) is 5.95 Å². The van der Waals surface area contributed by atoms with Crippen LogP contribution < -0.4 is 5.73 Å². The molecule has 20 heavy (non-hydrogen) atoms. The molecular weight excluding hydrogens is 246 g/mol. The van der Waals surface area contributed by atoms with E-state index in [0.717, 1.165) is 25.7 Å². The molecular formula is C17H25N3. The maximum atomic E-state index is 5.80. The first-order valence-corrected chi connectivity index (χ1v) is 7.66. The van der Waals surface area contributed by atoms with Crippen molar-refractivity contribution in [3.8, 4) is 0 Å². The van der Waals surface area contributed by atoms with E-state index in [-0.39, 0.29) is 0 Å². The number of hydrogen-bond acceptors (Lipinski definition) is 2. The van der Waals surface area contributed by atoms with Crippen LogP contribution >= 0.6 is 0 Å². The van der Waals surface area contributed by atoms with Crippen LogP contribution in [0.3, 0.4) is 0 Å². The van der Waals surface area contributed by atoms with Crippen molar-refractivity contribution in [2.24, 2.45) is 0 Å². The molecule has 0 fully saturated rings. The van der Waals surface area contributed by atoms with Crippen molar-refractivity contribution in [2.45, 2.75) is 51.9 Å². The van der Waals surface area contributed by atoms with Gasteiger partial charge >= 0.3 is 0 Å². The molecule has 1 aromatic carbocycles. The third-order valence-corrected chi connectivity index (χ3v) is 3.63. The van der Waals surface area contributed by atoms with Crippen LogP contribution in [0.4, 0.5) is 5.95 Å². The van der Waals surface area contributed by atoms with Gasteiger partial charge in [-0.05, 0) is 37.7 Å². The maximum absolute atomic E-state index is 5.80. The standard InChI is InChI=1S/C17H25N3/c1-2-3-5-12-15-16(20-17(18)19-15)13-8-11-14-9-6-4-7-10-14/h4,6-7,9-10H,2-3,5,8,11-13H2,1H3,(H3,18,19,20). The highest BCUT2D eigenvalue weighted by Gasteiger charge is 2.08. The van der Waals surface area contributed by atoms with Gasteiger partial charge in [0.1, 0.15) is 0 Å². The normalized spacial score (nSPS) is 10.8. The fraction of sp³-hybridized carbons (Fsp3) is 0.471. The van der Waals surface area contributed by atoms with E-state index >= 15 is 0 Å². The van der Waals surface area contributed by atoms with Crippen LogP contribution in [0.2, 0.25) is 0 Å². The number of aromatic nitrogens is 2. The number of nitrogen functional groups attached to an aromatic ring is 1. The number of H-pyrrole nitrogens is 1. The number of benzene rings is 1. The number of aromatic amines is 1. The first-order valence-electron chi connectivity index (χ1n) is 7.66. The molecule has 0 amide bonds. The molecule has 0 unspecified atom stereocenters. The summed E-state index contributed by atoms with van der Waals surface area (Å²) in [6.07, 6.45) is 8.01. The molecule has 1 aromatic heterocycles. The Morgan fingerprint density at radius 3 is 2.55 bits per heavy atom. The maximum Gasteiger partial charge on any atom is 0.197 e. The van der Waals surface area contributed by atoms with Gasteiger partial charge in [-0.2, -0.15) is 0 Å². The zero-order valence-electron chi connectivity index (χ0n) is 12.4. The number of aryl methyl sites for hydroxylation is 3. The van der Waals surface area contributed by atoms with E-state index in [1.54, 1.807) is 0 Å². The molecule has 0 aliphatic heterocycles. The quantitative estimate of drug-likeness (QED) is 0.715. The lowest BCUT2D eigenvalue weighted by Gasteiger charge is -2.03. The van der Waals surface area contributed by atoms with E-state index in [2.05, 4.69) is 47.2 Å². The van der Waals surface area contributed by atoms with Gasteiger partial charge in [-0.3, -0.25) is 0 Å². The predicted octanol–water partition coefficient (Wildman–Crippen LogP) is 3.90. The highest BCUT2D eigenvalue weighted by Crippen LogP contribution is 2.15. The lowest BCUT2D eigenvalue weighted by Crippen LogP contribution is -1.96. The number of imidazole rings is 1. The second-order valence-electron chi connectivity index (χ2n) is 5.34. The number of nitrogens with two attached hydrogens (primary N) is 1. The predicted molar refractivity (Wildman–Crippen MR) is 84.7 cm³/mol. The summed E-state index contributed by atoms with van der Waals surface area (Å²) < 4.78 is 0. The highest BCUT2D eigenvalue weighted by molar-refractivity contribution is 5.26. The van der Waals surface area contributed by atoms with Crippen LogP contribution in [0.25, 0.3) is 0 Å². The fourth-order valence-corrected chi connectivity index (χ4v) is 2.54. The third kappa shape index (κ3) is 4.41. The Morgan fingerprint density at radius 1 is 1.00 bits per heavy atom. The molecule has 108 valence electrons. The molecule has 3 N–H and O–H groups in total. The molecule has 0 saturated heterocycles. The molecule has 0 bridgehead atoms. The van der Waals surface area contributed by atoms with Gasteiger partial charge in [-0.25, -0.2) is 4.98 Å². The van der Waals surface area contributed by atoms with Crippen LogP contribution in [0.5, 0.6) is 0 Å². The van der Waals surface area contributed by atoms with E-state index in [1.165, 1.54) is 36.2 Å². The van der Waals surface area contributed by atoms with Gasteiger partial charge in [0.25, 0.3) is 0 Å². The zero-order valence-corrected chi connectivity index (χ0v) is 12.4. The van der Waals surface area contributed by atoms with Crippen LogP contribution in [-0.4, -0.2) is 9.97 Å². The van der Waals surface area contributed by atoms with Crippen molar-refractivity contribution in [2.75, 3.05) is 5.73 Å². The Labute approximate surface area is 121 Å². The smallest absolute Gasteiger partial charge is 0.197 e. The van der Waals surface area contributed by atoms with Gasteiger partial charge in [0.2, 0.25) is 0 Å². The molecule has 0 spiro atoms. The number of hydrogen-bond donors (Lipinski definition) is 2. The molecule has 0 atom stereocenters. The minimum Gasteiger partial charge on any atom is -0.369 e. The average molecular weight is 271 g/mol. The van der Waals surface area contributed by atoms with Crippen molar-refractivity contribution < 1.29 is 0 Å². The Balaban J connectivity index is 1.85. The second kappa shape index (κ2) is 7.73. The van der Waals surface area contributed by atoms with Gasteiger partial charge in [-0.1, -0.05) is 50.1 Å². The van der Waals surface area contributed by atoms with Gasteiger partial charge in [0.15, 0.2) is 5.95 Å². The molecule has 3 heteroatoms. The van der Waals surface area contributed by atoms with Crippen LogP contribution in [0, 0.1) is 0 Å². The first kappa shape index (κ1) is 14.6. The number of nitrogens with zero attached hydrogens (tertiary/aromatic N) is 1. The first-order chi connectivity index (χ1) is 9.79. The van der Waals surface area contributed by atoms with E-state index in [4.69, 9.17) is 5.73 Å². The van der Waals surface area contributed by atoms with Crippen molar-refractivity contribution in [1.29, 1.82) is 0 Å². The summed E-state index contributed by atoms with van der Waals surface area (Å²) in [7, 11) is 0. The van der Waals surface area contributed by atoms with E-state index in [1.807, 2.05) is 0 Å². The molecule has 0 radical (unpaired) electrons. The van der Waals surface area contributed by atoms with Crippen LogP contribution in [0.15, 0.2) is 30.3 Å². The fourth-order valence-electron chi connectivity index (χ4n) is 2.54. The summed E-state index contributed by atoms with van der Waals surface area (Å²) in [4.78, 5) is 7.65. The summed E-state index contributed by atoms with van der Waals surface area (Å²) >= 11 is 0. The van der Waals surface area contributed by atoms with E-state index < -0.39 is 0 Å². The topological polar surface area (TPSA) is 54.7 Å². The van der Waals surface area contributed by atoms with Crippen LogP contribution in [0.1, 0.15) is 49.6 Å². The Hall–Kier alpha value is -1.77. The SMILES string of the molecule is CCCCCc1nc(N)[nH]c1CCCc1ccccc1. The lowest BCUT2D eigenvalue weighted by molar-refractivity contribution is 0.699. The monoisotopic (exact) mass is 271 g/mol. The van der Waals surface area contributed by atoms with Crippen LogP contribution in [-0.2, 0) is 19.3 Å². The average Bonchev–Trinajstić information content (AvgIpc) is 2.81. The molecule has 3 nitrogen and oxygen atoms in total. The number of unbranched alkanes of at least 4 members (excludes halogenated alkanes) is 2. The highest BCUT2D eigenvalue weighted by atomic mass is 15.0. The van der Waals surface area contributed by atoms with Crippen molar-refractivity contribution in [1.82, 2.24) is 9.97 Å². The van der Waals surface area contributed by atoms with Crippen molar-refractivity contribution in [3.05, 3.63) is 47.3 Å². The molecule has 0 aliphatic rings. The number of anilines is 1. The molecule has 0 saturated carbocycles. The summed E-state index contributed by atoms with van der Waals surface area (Å²) in [5.41, 5.74) is 9.60. The van der Waals surface area contributed by atoms with Gasteiger partial charge < -0.3 is 10.7 Å². The minimum atomic E-state index is 0.561. The number of nitrogens with one attached hydrogen (secondary N) is 1. The summed E-state index contributed by atoms with van der Waals surface area (Å²) in [6, 6.07) is 10.6. The van der Waals surface area contributed by atoms with E-state index in [9.17, 15) is 0 Å². The summed E-state index contributed by atoms with van der Waals surface area (Å²) in [5.74, 6) is 0.561. The molecule has 2 aromatic rings. The second-order valence-corrected chi connectivity index (χ2v) is 5.34. The van der Waals surface area contributed by atoms with Gasteiger partial charge in [0.05, 0.1) is 5.69 Å². The lowest BCUT2D eigenvalue weighted by atomic mass is 10.0. The van der Waals surface area contributed by atoms with Gasteiger partial charge in [-0.15, -0.1) is 0 Å². The van der Waals surface area contributed by atoms with Crippen molar-refractivity contribution in [3.63, 3.8) is 0 Å². The van der Waals surface area contributed by atoms with Crippen molar-refractivity contribution >= 4 is 5.95 Å². The summed E-state index contributed by atoms with van der Waals surface area (Å²) in [6.45, 7) is 2.22. The van der Waals surface area contributed by atoms with Gasteiger partial charge in [0, 0.05) is 5.69 Å². The summed E-state index contributed by atoms with van der Waals surface area (Å²) in [5, 5.41) is 0. The third-order valence-electron chi connectivity index (χ3n) is 3.63. The Morgan fingerprint density at radius 2 is 1.80 bits per heavy atom. The molecule has 1 heterocycles. The molecule has 0 aliphatic carbocycles.